The molecular weight excluding hydrogens is 340 g/mol. The van der Waals surface area contributed by atoms with Crippen LogP contribution in [0.25, 0.3) is 10.8 Å². The Labute approximate surface area is 150 Å². The summed E-state index contributed by atoms with van der Waals surface area (Å²) in [6.45, 7) is 11.4. The zero-order chi connectivity index (χ0) is 17.0. The van der Waals surface area contributed by atoms with Gasteiger partial charge in [0.1, 0.15) is 0 Å². The smallest absolute Gasteiger partial charge is 0.269 e. The molecule has 0 heterocycles. The van der Waals surface area contributed by atoms with Crippen molar-refractivity contribution >= 4 is 16.7 Å². The zero-order valence-corrected chi connectivity index (χ0v) is 14.7. The fourth-order valence-electron chi connectivity index (χ4n) is 1.32. The summed E-state index contributed by atoms with van der Waals surface area (Å²) in [5.74, 6) is -1.43. The third-order valence-electron chi connectivity index (χ3n) is 2.69. The summed E-state index contributed by atoms with van der Waals surface area (Å²) in [6.07, 6.45) is 4.56. The number of benzene rings is 2. The van der Waals surface area contributed by atoms with Crippen LogP contribution in [0.3, 0.4) is 0 Å². The van der Waals surface area contributed by atoms with E-state index in [1.54, 1.807) is 18.2 Å². The Morgan fingerprint density at radius 1 is 1.13 bits per heavy atom. The number of fused-ring (bicyclic) bond motifs is 1. The number of aromatic carboxylic acids is 1. The Hall–Kier alpha value is -1.51. The van der Waals surface area contributed by atoms with Crippen molar-refractivity contribution < 1.29 is 32.1 Å². The monoisotopic (exact) mass is 364 g/mol. The molecule has 2 aromatic rings. The molecule has 0 spiro atoms. The van der Waals surface area contributed by atoms with Crippen molar-refractivity contribution in [1.29, 1.82) is 0 Å². The van der Waals surface area contributed by atoms with Crippen molar-refractivity contribution in [1.82, 2.24) is 0 Å². The van der Waals surface area contributed by atoms with Gasteiger partial charge in [0.05, 0.1) is 5.75 Å². The molecule has 0 saturated carbocycles. The molecule has 0 aliphatic heterocycles. The summed E-state index contributed by atoms with van der Waals surface area (Å²) in [4.78, 5) is 10.7. The van der Waals surface area contributed by atoms with E-state index in [1.807, 2.05) is 6.07 Å². The molecule has 0 unspecified atom stereocenters. The Balaban J connectivity index is 0. The summed E-state index contributed by atoms with van der Waals surface area (Å²) in [7, 11) is 0. The molecule has 0 aliphatic rings. The van der Waals surface area contributed by atoms with Gasteiger partial charge >= 0.3 is 0 Å². The first kappa shape index (κ1) is 23.8. The van der Waals surface area contributed by atoms with Gasteiger partial charge in [0.25, 0.3) is 5.97 Å². The molecule has 0 bridgehead atoms. The maximum Gasteiger partial charge on any atom is 0.269 e. The van der Waals surface area contributed by atoms with Gasteiger partial charge in [-0.1, -0.05) is 56.3 Å². The van der Waals surface area contributed by atoms with E-state index in [9.17, 15) is 9.90 Å². The van der Waals surface area contributed by atoms with Crippen molar-refractivity contribution in [3.8, 4) is 5.75 Å². The van der Waals surface area contributed by atoms with E-state index in [0.29, 0.717) is 5.39 Å². The molecule has 133 valence electrons. The number of hydrogen-bond donors (Lipinski definition) is 2. The SMILES string of the molecule is O=C(O)c1[c-]c2ccccc2cc1O.[CH2-]CCC.[CH2-]CCC.[Cu]. The summed E-state index contributed by atoms with van der Waals surface area (Å²) in [5.41, 5.74) is -0.191. The van der Waals surface area contributed by atoms with E-state index < -0.39 is 5.97 Å². The van der Waals surface area contributed by atoms with E-state index in [1.165, 1.54) is 18.9 Å². The molecule has 23 heavy (non-hydrogen) atoms. The molecule has 4 heteroatoms. The van der Waals surface area contributed by atoms with Crippen LogP contribution in [0.1, 0.15) is 49.9 Å². The molecule has 2 rings (SSSR count). The summed E-state index contributed by atoms with van der Waals surface area (Å²) in [6, 6.07) is 11.2. The Morgan fingerprint density at radius 3 is 2.04 bits per heavy atom. The molecule has 1 radical (unpaired) electrons. The van der Waals surface area contributed by atoms with E-state index in [-0.39, 0.29) is 28.4 Å². The number of rotatable bonds is 3. The van der Waals surface area contributed by atoms with Crippen molar-refractivity contribution in [2.24, 2.45) is 0 Å². The standard InChI is InChI=1S/C11H7O3.2C4H9.Cu/c12-10-6-8-4-2-1-3-7(8)5-9(10)11(13)14;2*1-3-4-2;/h1-4,6,12H,(H,13,14);2*1,3-4H2,2H3;/q3*-1;. The maximum absolute atomic E-state index is 10.7. The molecule has 0 atom stereocenters. The minimum Gasteiger partial charge on any atom is -0.543 e. The van der Waals surface area contributed by atoms with Crippen molar-refractivity contribution in [2.45, 2.75) is 39.5 Å². The van der Waals surface area contributed by atoms with Crippen molar-refractivity contribution in [2.75, 3.05) is 0 Å². The molecule has 0 saturated heterocycles. The molecule has 0 amide bonds. The second kappa shape index (κ2) is 14.1. The summed E-state index contributed by atoms with van der Waals surface area (Å²) < 4.78 is 0. The normalized spacial score (nSPS) is 8.87. The fourth-order valence-corrected chi connectivity index (χ4v) is 1.32. The number of hydrogen-bond acceptors (Lipinski definition) is 2. The van der Waals surface area contributed by atoms with Crippen LogP contribution in [0.5, 0.6) is 5.75 Å². The van der Waals surface area contributed by atoms with Crippen molar-refractivity contribution in [3.63, 3.8) is 0 Å². The van der Waals surface area contributed by atoms with Gasteiger partial charge in [0, 0.05) is 22.6 Å². The van der Waals surface area contributed by atoms with Gasteiger partial charge in [-0.05, 0) is 0 Å². The van der Waals surface area contributed by atoms with Gasteiger partial charge in [-0.3, -0.25) is 4.79 Å². The van der Waals surface area contributed by atoms with Gasteiger partial charge in [-0.15, -0.1) is 17.5 Å². The number of unbranched alkanes of at least 4 members (excludes halogenated alkanes) is 2. The number of carboxylic acid groups (broad SMARTS) is 1. The van der Waals surface area contributed by atoms with Crippen LogP contribution in [0.2, 0.25) is 0 Å². The van der Waals surface area contributed by atoms with Gasteiger partial charge in [0.2, 0.25) is 0 Å². The minimum atomic E-state index is -1.17. The first-order valence-corrected chi connectivity index (χ1v) is 7.47. The Morgan fingerprint density at radius 2 is 1.61 bits per heavy atom. The number of phenols is 1. The van der Waals surface area contributed by atoms with Crippen LogP contribution in [-0.4, -0.2) is 16.2 Å². The Bertz CT molecular complexity index is 560. The first-order chi connectivity index (χ1) is 10.5. The second-order valence-electron chi connectivity index (χ2n) is 4.63. The van der Waals surface area contributed by atoms with E-state index in [4.69, 9.17) is 5.11 Å². The summed E-state index contributed by atoms with van der Waals surface area (Å²) >= 11 is 0. The third-order valence-corrected chi connectivity index (χ3v) is 2.69. The van der Waals surface area contributed by atoms with Crippen LogP contribution in [0.4, 0.5) is 0 Å². The van der Waals surface area contributed by atoms with Crippen LogP contribution in [0.15, 0.2) is 30.3 Å². The number of aromatic hydroxyl groups is 1. The van der Waals surface area contributed by atoms with Crippen LogP contribution in [-0.2, 0) is 17.1 Å². The predicted octanol–water partition coefficient (Wildman–Crippen LogP) is 5.28. The van der Waals surface area contributed by atoms with E-state index >= 15 is 0 Å². The molecular formula is C19H25CuO3-3. The fraction of sp³-hybridized carbons (Fsp3) is 0.316. The van der Waals surface area contributed by atoms with Gasteiger partial charge in [-0.25, -0.2) is 0 Å². The van der Waals surface area contributed by atoms with Crippen LogP contribution in [0, 0.1) is 19.9 Å². The largest absolute Gasteiger partial charge is 0.543 e. The minimum absolute atomic E-state index is 0. The van der Waals surface area contributed by atoms with Crippen LogP contribution < -0.4 is 0 Å². The molecule has 0 fully saturated rings. The quantitative estimate of drug-likeness (QED) is 0.575. The van der Waals surface area contributed by atoms with Crippen LogP contribution >= 0.6 is 0 Å². The topological polar surface area (TPSA) is 57.5 Å². The predicted molar refractivity (Wildman–Crippen MR) is 91.9 cm³/mol. The van der Waals surface area contributed by atoms with Gasteiger partial charge < -0.3 is 24.1 Å². The maximum atomic E-state index is 10.7. The first-order valence-electron chi connectivity index (χ1n) is 7.47. The number of carboxylic acids is 1. The average Bonchev–Trinajstić information content (AvgIpc) is 2.54. The zero-order valence-electron chi connectivity index (χ0n) is 13.7. The van der Waals surface area contributed by atoms with Gasteiger partial charge in [-0.2, -0.15) is 12.8 Å². The van der Waals surface area contributed by atoms with Gasteiger partial charge in [0.15, 0.2) is 0 Å². The molecule has 2 N–H and O–H groups in total. The average molecular weight is 365 g/mol. The molecule has 2 aromatic carbocycles. The van der Waals surface area contributed by atoms with E-state index in [0.717, 1.165) is 18.2 Å². The Kier molecular flexibility index (Phi) is 14.6. The molecule has 0 aliphatic carbocycles. The second-order valence-corrected chi connectivity index (χ2v) is 4.63. The number of carbonyl (C=O) groups is 1. The molecule has 3 nitrogen and oxygen atoms in total. The van der Waals surface area contributed by atoms with E-state index in [2.05, 4.69) is 33.8 Å². The summed E-state index contributed by atoms with van der Waals surface area (Å²) in [5, 5.41) is 19.6. The third kappa shape index (κ3) is 9.27. The molecule has 0 aromatic heterocycles. The van der Waals surface area contributed by atoms with Crippen molar-refractivity contribution in [3.05, 3.63) is 55.8 Å².